The second-order valence-corrected chi connectivity index (χ2v) is 6.44. The summed E-state index contributed by atoms with van der Waals surface area (Å²) in [6.45, 7) is 5.14. The highest BCUT2D eigenvalue weighted by molar-refractivity contribution is 5.89. The highest BCUT2D eigenvalue weighted by Crippen LogP contribution is 2.24. The summed E-state index contributed by atoms with van der Waals surface area (Å²) in [4.78, 5) is 24.3. The summed E-state index contributed by atoms with van der Waals surface area (Å²) in [5.74, 6) is -1.60. The first kappa shape index (κ1) is 19.4. The van der Waals surface area contributed by atoms with Crippen molar-refractivity contribution in [3.8, 4) is 5.75 Å². The molecule has 1 amide bonds. The molecule has 0 radical (unpaired) electrons. The van der Waals surface area contributed by atoms with E-state index < -0.39 is 23.2 Å². The Hall–Kier alpha value is -2.89. The van der Waals surface area contributed by atoms with Crippen LogP contribution in [-0.2, 0) is 21.5 Å². The van der Waals surface area contributed by atoms with Crippen LogP contribution in [0, 0.1) is 5.82 Å². The molecule has 2 rings (SSSR count). The van der Waals surface area contributed by atoms with Gasteiger partial charge in [-0.25, -0.2) is 9.18 Å². The molecule has 0 aliphatic rings. The molecular formula is C20H22FNO4. The monoisotopic (exact) mass is 359 g/mol. The van der Waals surface area contributed by atoms with Crippen molar-refractivity contribution < 1.29 is 23.8 Å². The van der Waals surface area contributed by atoms with E-state index in [1.54, 1.807) is 24.3 Å². The highest BCUT2D eigenvalue weighted by atomic mass is 19.1. The molecule has 0 aliphatic heterocycles. The van der Waals surface area contributed by atoms with Crippen molar-refractivity contribution in [3.63, 3.8) is 0 Å². The third-order valence-corrected chi connectivity index (χ3v) is 3.93. The predicted octanol–water partition coefficient (Wildman–Crippen LogP) is 3.27. The number of halogens is 1. The number of nitrogens with one attached hydrogen (secondary N) is 1. The van der Waals surface area contributed by atoms with Crippen molar-refractivity contribution in [2.75, 3.05) is 0 Å². The Labute approximate surface area is 151 Å². The van der Waals surface area contributed by atoms with Crippen LogP contribution in [0.5, 0.6) is 5.75 Å². The predicted molar refractivity (Wildman–Crippen MR) is 95.4 cm³/mol. The smallest absolute Gasteiger partial charge is 0.333 e. The van der Waals surface area contributed by atoms with Gasteiger partial charge in [0, 0.05) is 5.56 Å². The van der Waals surface area contributed by atoms with E-state index in [1.807, 2.05) is 13.8 Å². The molecular weight excluding hydrogens is 337 g/mol. The minimum absolute atomic E-state index is 0.0348. The molecule has 0 aliphatic carbocycles. The zero-order valence-electron chi connectivity index (χ0n) is 15.0. The molecule has 2 aromatic carbocycles. The Morgan fingerprint density at radius 1 is 1.15 bits per heavy atom. The molecule has 6 heteroatoms. The maximum Gasteiger partial charge on any atom is 0.333 e. The lowest BCUT2D eigenvalue weighted by molar-refractivity contribution is -0.147. The second-order valence-electron chi connectivity index (χ2n) is 6.44. The molecule has 0 saturated heterocycles. The Bertz CT molecular complexity index is 789. The fraction of sp³-hybridized carbons (Fsp3) is 0.300. The summed E-state index contributed by atoms with van der Waals surface area (Å²) in [5, 5.41) is 12.2. The largest absolute Gasteiger partial charge is 0.491 e. The van der Waals surface area contributed by atoms with E-state index >= 15 is 0 Å². The SMILES string of the molecule is CC(C)Oc1ccccc1CC(=O)NC(C)(C(=O)O)c1ccc(F)cc1. The number of amides is 1. The highest BCUT2D eigenvalue weighted by Gasteiger charge is 2.37. The van der Waals surface area contributed by atoms with Crippen LogP contribution in [0.2, 0.25) is 0 Å². The van der Waals surface area contributed by atoms with Gasteiger partial charge in [-0.15, -0.1) is 0 Å². The van der Waals surface area contributed by atoms with Gasteiger partial charge in [-0.2, -0.15) is 0 Å². The minimum Gasteiger partial charge on any atom is -0.491 e. The molecule has 1 unspecified atom stereocenters. The summed E-state index contributed by atoms with van der Waals surface area (Å²) in [6, 6.07) is 12.1. The van der Waals surface area contributed by atoms with Crippen LogP contribution in [0.4, 0.5) is 4.39 Å². The molecule has 0 aromatic heterocycles. The maximum absolute atomic E-state index is 13.1. The molecule has 2 aromatic rings. The van der Waals surface area contributed by atoms with E-state index in [4.69, 9.17) is 4.74 Å². The average molecular weight is 359 g/mol. The van der Waals surface area contributed by atoms with Crippen molar-refractivity contribution in [1.29, 1.82) is 0 Å². The van der Waals surface area contributed by atoms with Crippen LogP contribution < -0.4 is 10.1 Å². The number of rotatable bonds is 7. The third kappa shape index (κ3) is 4.59. The number of benzene rings is 2. The van der Waals surface area contributed by atoms with Gasteiger partial charge in [-0.05, 0) is 44.5 Å². The Kier molecular flexibility index (Phi) is 5.97. The first-order valence-electron chi connectivity index (χ1n) is 8.27. The number of ether oxygens (including phenoxy) is 1. The van der Waals surface area contributed by atoms with Crippen molar-refractivity contribution in [1.82, 2.24) is 5.32 Å². The van der Waals surface area contributed by atoms with Gasteiger partial charge in [-0.1, -0.05) is 30.3 Å². The van der Waals surface area contributed by atoms with Gasteiger partial charge in [0.25, 0.3) is 0 Å². The zero-order chi connectivity index (χ0) is 19.3. The number of hydrogen-bond donors (Lipinski definition) is 2. The van der Waals surface area contributed by atoms with E-state index in [9.17, 15) is 19.1 Å². The molecule has 1 atom stereocenters. The molecule has 0 fully saturated rings. The molecule has 26 heavy (non-hydrogen) atoms. The Morgan fingerprint density at radius 2 is 1.77 bits per heavy atom. The lowest BCUT2D eigenvalue weighted by Crippen LogP contribution is -2.50. The molecule has 138 valence electrons. The first-order chi connectivity index (χ1) is 12.2. The maximum atomic E-state index is 13.1. The second kappa shape index (κ2) is 7.99. The fourth-order valence-corrected chi connectivity index (χ4v) is 2.55. The normalized spacial score (nSPS) is 13.1. The molecule has 2 N–H and O–H groups in total. The fourth-order valence-electron chi connectivity index (χ4n) is 2.55. The molecule has 0 heterocycles. The third-order valence-electron chi connectivity index (χ3n) is 3.93. The molecule has 5 nitrogen and oxygen atoms in total. The molecule has 0 bridgehead atoms. The summed E-state index contributed by atoms with van der Waals surface area (Å²) in [5.41, 5.74) is -0.726. The van der Waals surface area contributed by atoms with Crippen LogP contribution in [-0.4, -0.2) is 23.1 Å². The van der Waals surface area contributed by atoms with E-state index in [1.165, 1.54) is 19.1 Å². The van der Waals surface area contributed by atoms with Gasteiger partial charge in [-0.3, -0.25) is 4.79 Å². The van der Waals surface area contributed by atoms with Crippen LogP contribution in [0.25, 0.3) is 0 Å². The van der Waals surface area contributed by atoms with Gasteiger partial charge < -0.3 is 15.2 Å². The van der Waals surface area contributed by atoms with Gasteiger partial charge in [0.1, 0.15) is 11.6 Å². The van der Waals surface area contributed by atoms with Gasteiger partial charge in [0.05, 0.1) is 12.5 Å². The van der Waals surface area contributed by atoms with Crippen molar-refractivity contribution in [2.45, 2.75) is 38.8 Å². The number of carbonyl (C=O) groups excluding carboxylic acids is 1. The van der Waals surface area contributed by atoms with E-state index in [2.05, 4.69) is 5.32 Å². The summed E-state index contributed by atoms with van der Waals surface area (Å²) in [7, 11) is 0. The first-order valence-corrected chi connectivity index (χ1v) is 8.27. The van der Waals surface area contributed by atoms with E-state index in [0.29, 0.717) is 11.3 Å². The molecule has 0 saturated carbocycles. The quantitative estimate of drug-likeness (QED) is 0.796. The number of hydrogen-bond acceptors (Lipinski definition) is 3. The Balaban J connectivity index is 2.21. The van der Waals surface area contributed by atoms with Gasteiger partial charge in [0.15, 0.2) is 5.54 Å². The van der Waals surface area contributed by atoms with E-state index in [0.717, 1.165) is 12.1 Å². The number of carboxylic acid groups (broad SMARTS) is 1. The molecule has 0 spiro atoms. The average Bonchev–Trinajstić information content (AvgIpc) is 2.56. The van der Waals surface area contributed by atoms with Crippen LogP contribution in [0.15, 0.2) is 48.5 Å². The van der Waals surface area contributed by atoms with Crippen molar-refractivity contribution in [2.24, 2.45) is 0 Å². The van der Waals surface area contributed by atoms with Crippen molar-refractivity contribution >= 4 is 11.9 Å². The number of para-hydroxylation sites is 1. The van der Waals surface area contributed by atoms with Crippen LogP contribution >= 0.6 is 0 Å². The Morgan fingerprint density at radius 3 is 2.35 bits per heavy atom. The van der Waals surface area contributed by atoms with Crippen LogP contribution in [0.3, 0.4) is 0 Å². The van der Waals surface area contributed by atoms with Gasteiger partial charge >= 0.3 is 5.97 Å². The number of carboxylic acids is 1. The van der Waals surface area contributed by atoms with Crippen LogP contribution in [0.1, 0.15) is 31.9 Å². The van der Waals surface area contributed by atoms with E-state index in [-0.39, 0.29) is 18.1 Å². The lowest BCUT2D eigenvalue weighted by atomic mass is 9.91. The van der Waals surface area contributed by atoms with Gasteiger partial charge in [0.2, 0.25) is 5.91 Å². The standard InChI is InChI=1S/C20H22FNO4/c1-13(2)26-17-7-5-4-6-14(17)12-18(23)22-20(3,19(24)25)15-8-10-16(21)11-9-15/h4-11,13H,12H2,1-3H3,(H,22,23)(H,24,25). The lowest BCUT2D eigenvalue weighted by Gasteiger charge is -2.27. The minimum atomic E-state index is -1.67. The number of carbonyl (C=O) groups is 2. The topological polar surface area (TPSA) is 75.6 Å². The summed E-state index contributed by atoms with van der Waals surface area (Å²) >= 11 is 0. The zero-order valence-corrected chi connectivity index (χ0v) is 15.0. The summed E-state index contributed by atoms with van der Waals surface area (Å²) in [6.07, 6.45) is -0.0878. The summed E-state index contributed by atoms with van der Waals surface area (Å²) < 4.78 is 18.8. The van der Waals surface area contributed by atoms with Crippen molar-refractivity contribution in [3.05, 3.63) is 65.5 Å². The number of aliphatic carboxylic acids is 1.